The molecular weight excluding hydrogens is 146 g/mol. The van der Waals surface area contributed by atoms with E-state index < -0.39 is 5.98 Å². The quantitative estimate of drug-likeness (QED) is 0.279. The normalized spacial score (nSPS) is 42.7. The summed E-state index contributed by atoms with van der Waals surface area (Å²) in [7, 11) is 0. The fraction of sp³-hybridized carbons (Fsp3) is 0. The van der Waals surface area contributed by atoms with E-state index in [4.69, 9.17) is 9.79 Å². The Morgan fingerprint density at radius 2 is 1.50 bits per heavy atom. The van der Waals surface area contributed by atoms with E-state index in [1.165, 1.54) is 0 Å². The summed E-state index contributed by atoms with van der Waals surface area (Å²) in [5, 5.41) is 0. The van der Waals surface area contributed by atoms with Crippen molar-refractivity contribution in [1.82, 2.24) is 0 Å². The molecule has 36 valence electrons. The van der Waals surface area contributed by atoms with Crippen LogP contribution in [0.4, 0.5) is 0 Å². The van der Waals surface area contributed by atoms with Gasteiger partial charge in [0.15, 0.2) is 0 Å². The SMILES string of the molecule is O[P]1(O)([V])OO1. The van der Waals surface area contributed by atoms with E-state index in [9.17, 15) is 0 Å². The van der Waals surface area contributed by atoms with Gasteiger partial charge < -0.3 is 0 Å². The van der Waals surface area contributed by atoms with Crippen LogP contribution in [-0.4, -0.2) is 9.79 Å². The molecule has 0 saturated carbocycles. The third-order valence-electron chi connectivity index (χ3n) is 0.275. The van der Waals surface area contributed by atoms with Crippen molar-refractivity contribution in [3.05, 3.63) is 0 Å². The Bertz CT molecular complexity index is 71.3. The van der Waals surface area contributed by atoms with Crippen LogP contribution in [0.3, 0.4) is 0 Å². The molecule has 0 spiro atoms. The van der Waals surface area contributed by atoms with Gasteiger partial charge >= 0.3 is 42.1 Å². The van der Waals surface area contributed by atoms with Gasteiger partial charge in [-0.15, -0.1) is 0 Å². The Hall–Kier alpha value is 0.854. The van der Waals surface area contributed by atoms with E-state index >= 15 is 0 Å². The van der Waals surface area contributed by atoms with Crippen molar-refractivity contribution in [2.24, 2.45) is 0 Å². The second-order valence-electron chi connectivity index (χ2n) is 0.982. The van der Waals surface area contributed by atoms with Gasteiger partial charge in [0.05, 0.1) is 0 Å². The van der Waals surface area contributed by atoms with Crippen LogP contribution in [0.15, 0.2) is 0 Å². The van der Waals surface area contributed by atoms with Crippen LogP contribution < -0.4 is 0 Å². The van der Waals surface area contributed by atoms with Crippen molar-refractivity contribution >= 4 is 5.98 Å². The molecule has 1 aliphatic rings. The molecule has 0 atom stereocenters. The molecule has 1 rings (SSSR count). The van der Waals surface area contributed by atoms with Crippen molar-refractivity contribution in [3.8, 4) is 0 Å². The molecule has 6 heavy (non-hydrogen) atoms. The first-order chi connectivity index (χ1) is 2.47. The number of hydrogen-bond acceptors (Lipinski definition) is 4. The van der Waals surface area contributed by atoms with Gasteiger partial charge in [-0.2, -0.15) is 0 Å². The van der Waals surface area contributed by atoms with Gasteiger partial charge in [0.1, 0.15) is 0 Å². The topological polar surface area (TPSA) is 65.5 Å². The summed E-state index contributed by atoms with van der Waals surface area (Å²) in [5.41, 5.74) is 0. The third kappa shape index (κ3) is 1.17. The van der Waals surface area contributed by atoms with E-state index in [1.807, 2.05) is 0 Å². The fourth-order valence-electron chi connectivity index (χ4n) is 0.0447. The van der Waals surface area contributed by atoms with Crippen LogP contribution in [0.2, 0.25) is 0 Å². The van der Waals surface area contributed by atoms with Crippen LogP contribution in [0.25, 0.3) is 0 Å². The second-order valence-corrected chi connectivity index (χ2v) is 6.15. The molecule has 0 aliphatic carbocycles. The maximum atomic E-state index is 8.31. The zero-order chi connectivity index (χ0) is 4.86. The standard InChI is InChI=1S/H2O4P.V/c1-5(2)3-4-5;/h1-2H;/q+1;-1. The molecular formula is H2O4PV. The van der Waals surface area contributed by atoms with Crippen LogP contribution in [-0.2, 0) is 26.3 Å². The van der Waals surface area contributed by atoms with E-state index in [2.05, 4.69) is 9.35 Å². The molecule has 1 saturated heterocycles. The van der Waals surface area contributed by atoms with E-state index in [0.29, 0.717) is 0 Å². The van der Waals surface area contributed by atoms with Crippen LogP contribution in [0.1, 0.15) is 0 Å². The molecule has 4 nitrogen and oxygen atoms in total. The summed E-state index contributed by atoms with van der Waals surface area (Å²) >= 11 is 1.54. The second kappa shape index (κ2) is 0.835. The summed E-state index contributed by atoms with van der Waals surface area (Å²) in [5.74, 6) is -3.86. The Balaban J connectivity index is 2.67. The van der Waals surface area contributed by atoms with E-state index in [-0.39, 0.29) is 0 Å². The summed E-state index contributed by atoms with van der Waals surface area (Å²) in [6.07, 6.45) is 0. The Labute approximate surface area is 42.8 Å². The molecule has 0 aromatic rings. The Morgan fingerprint density at radius 1 is 1.33 bits per heavy atom. The molecule has 0 aromatic carbocycles. The van der Waals surface area contributed by atoms with Crippen molar-refractivity contribution in [1.29, 1.82) is 0 Å². The maximum absolute atomic E-state index is 8.31. The summed E-state index contributed by atoms with van der Waals surface area (Å²) in [6.45, 7) is 0. The molecule has 0 radical (unpaired) electrons. The first kappa shape index (κ1) is 5.00. The van der Waals surface area contributed by atoms with Gasteiger partial charge in [-0.3, -0.25) is 0 Å². The first-order valence-electron chi connectivity index (χ1n) is 1.13. The monoisotopic (exact) mass is 148 g/mol. The minimum atomic E-state index is -3.86. The van der Waals surface area contributed by atoms with Crippen LogP contribution in [0, 0.1) is 0 Å². The average Bonchev–Trinajstić information content (AvgIpc) is 1.73. The van der Waals surface area contributed by atoms with Crippen molar-refractivity contribution in [2.45, 2.75) is 0 Å². The fourth-order valence-corrected chi connectivity index (χ4v) is 0.822. The zero-order valence-electron chi connectivity index (χ0n) is 2.61. The minimum absolute atomic E-state index is 1.54. The Morgan fingerprint density at radius 3 is 1.50 bits per heavy atom. The zero-order valence-corrected chi connectivity index (χ0v) is 4.90. The molecule has 1 fully saturated rings. The molecule has 1 heterocycles. The summed E-state index contributed by atoms with van der Waals surface area (Å²) in [4.78, 5) is 16.6. The summed E-state index contributed by atoms with van der Waals surface area (Å²) < 4.78 is 7.59. The predicted octanol–water partition coefficient (Wildman–Crippen LogP) is -0.392. The molecule has 0 amide bonds. The Kier molecular flexibility index (Phi) is 0.696. The molecule has 0 unspecified atom stereocenters. The molecule has 1 aliphatic heterocycles. The van der Waals surface area contributed by atoms with Crippen molar-refractivity contribution in [3.63, 3.8) is 0 Å². The summed E-state index contributed by atoms with van der Waals surface area (Å²) in [6, 6.07) is 0. The molecule has 0 aromatic heterocycles. The first-order valence-corrected chi connectivity index (χ1v) is 4.94. The van der Waals surface area contributed by atoms with Crippen LogP contribution >= 0.6 is 5.98 Å². The number of rotatable bonds is 0. The van der Waals surface area contributed by atoms with Crippen LogP contribution in [0.5, 0.6) is 0 Å². The van der Waals surface area contributed by atoms with E-state index in [1.54, 1.807) is 17.0 Å². The number of hydrogen-bond donors (Lipinski definition) is 2. The van der Waals surface area contributed by atoms with Gasteiger partial charge in [0.25, 0.3) is 0 Å². The van der Waals surface area contributed by atoms with Crippen molar-refractivity contribution in [2.75, 3.05) is 0 Å². The van der Waals surface area contributed by atoms with Gasteiger partial charge in [0.2, 0.25) is 0 Å². The van der Waals surface area contributed by atoms with Gasteiger partial charge in [-0.05, 0) is 0 Å². The van der Waals surface area contributed by atoms with Gasteiger partial charge in [-0.1, -0.05) is 0 Å². The predicted molar refractivity (Wildman–Crippen MR) is 13.5 cm³/mol. The van der Waals surface area contributed by atoms with E-state index in [0.717, 1.165) is 0 Å². The average molecular weight is 148 g/mol. The van der Waals surface area contributed by atoms with Crippen molar-refractivity contribution < 1.29 is 36.1 Å². The van der Waals surface area contributed by atoms with Gasteiger partial charge in [-0.25, -0.2) is 0 Å². The molecule has 2 N–H and O–H groups in total. The molecule has 0 bridgehead atoms. The molecule has 6 heteroatoms. The van der Waals surface area contributed by atoms with Gasteiger partial charge in [0, 0.05) is 0 Å². The third-order valence-corrected chi connectivity index (χ3v) is 1.45.